The van der Waals surface area contributed by atoms with E-state index in [-0.39, 0.29) is 24.3 Å². The van der Waals surface area contributed by atoms with E-state index in [2.05, 4.69) is 20.9 Å². The second-order valence-electron chi connectivity index (χ2n) is 12.0. The molecule has 50 heavy (non-hydrogen) atoms. The summed E-state index contributed by atoms with van der Waals surface area (Å²) in [5.41, 5.74) is 1.64. The van der Waals surface area contributed by atoms with Crippen LogP contribution in [0.2, 0.25) is 0 Å². The van der Waals surface area contributed by atoms with E-state index in [1.165, 1.54) is 6.20 Å². The van der Waals surface area contributed by atoms with Crippen molar-refractivity contribution in [1.82, 2.24) is 15.6 Å². The molecular weight excluding hydrogens is 646 g/mol. The summed E-state index contributed by atoms with van der Waals surface area (Å²) < 4.78 is 39.9. The Balaban J connectivity index is 1.63. The van der Waals surface area contributed by atoms with Gasteiger partial charge < -0.3 is 30.5 Å². The lowest BCUT2D eigenvalue weighted by Gasteiger charge is -2.24. The zero-order valence-corrected chi connectivity index (χ0v) is 28.2. The lowest BCUT2D eigenvalue weighted by atomic mass is 10.00. The van der Waals surface area contributed by atoms with Gasteiger partial charge in [-0.1, -0.05) is 100.0 Å². The monoisotopic (exact) mass is 688 g/mol. The average Bonchev–Trinajstić information content (AvgIpc) is 3.12. The van der Waals surface area contributed by atoms with Crippen molar-refractivity contribution in [2.75, 3.05) is 5.32 Å². The molecule has 0 bridgehead atoms. The van der Waals surface area contributed by atoms with Crippen LogP contribution in [0.3, 0.4) is 0 Å². The molecule has 4 aromatic rings. The number of benzene rings is 3. The standard InChI is InChI=1S/C38H42F2N4O6/c1-4-5-16-30(45)42-34(36(39)40)33-35(46)32(43-37(47)31(24(2)3)44-38(48)50-23-26-14-10-7-11-15-26)29(21-41-33)27-17-19-28(20-18-27)49-22-25-12-8-6-9-13-25/h6-15,17-21,24,31,34,36,46H,4-5,16,22-23H2,1-3H3,(H,42,45)(H,44,48)(H,41,43,47)/t31-,34?/m0/s1. The van der Waals surface area contributed by atoms with Gasteiger partial charge in [-0.15, -0.1) is 0 Å². The maximum Gasteiger partial charge on any atom is 0.408 e. The molecule has 3 aromatic carbocycles. The first-order valence-corrected chi connectivity index (χ1v) is 16.4. The van der Waals surface area contributed by atoms with E-state index in [0.717, 1.165) is 11.1 Å². The number of ether oxygens (including phenoxy) is 2. The number of halogens is 2. The van der Waals surface area contributed by atoms with Crippen LogP contribution in [-0.2, 0) is 27.5 Å². The third kappa shape index (κ3) is 10.5. The van der Waals surface area contributed by atoms with E-state index < -0.39 is 53.8 Å². The number of carbonyl (C=O) groups excluding carboxylic acids is 3. The van der Waals surface area contributed by atoms with E-state index in [0.29, 0.717) is 30.8 Å². The largest absolute Gasteiger partial charge is 0.504 e. The van der Waals surface area contributed by atoms with Gasteiger partial charge in [-0.3, -0.25) is 14.6 Å². The lowest BCUT2D eigenvalue weighted by Crippen LogP contribution is -2.47. The van der Waals surface area contributed by atoms with Gasteiger partial charge in [-0.2, -0.15) is 0 Å². The molecule has 0 aliphatic heterocycles. The highest BCUT2D eigenvalue weighted by Gasteiger charge is 2.32. The fourth-order valence-electron chi connectivity index (χ4n) is 5.02. The number of carbonyl (C=O) groups is 3. The number of nitrogens with zero attached hydrogens (tertiary/aromatic N) is 1. The van der Waals surface area contributed by atoms with Gasteiger partial charge in [0, 0.05) is 18.2 Å². The first-order chi connectivity index (χ1) is 24.1. The van der Waals surface area contributed by atoms with Gasteiger partial charge in [0.1, 0.15) is 36.7 Å². The van der Waals surface area contributed by atoms with Crippen molar-refractivity contribution >= 4 is 23.6 Å². The topological polar surface area (TPSA) is 139 Å². The van der Waals surface area contributed by atoms with Gasteiger partial charge in [0.15, 0.2) is 5.75 Å². The summed E-state index contributed by atoms with van der Waals surface area (Å²) >= 11 is 0. The summed E-state index contributed by atoms with van der Waals surface area (Å²) in [7, 11) is 0. The molecule has 0 fully saturated rings. The quantitative estimate of drug-likeness (QED) is 0.0954. The number of hydrogen-bond acceptors (Lipinski definition) is 7. The third-order valence-electron chi connectivity index (χ3n) is 7.80. The number of pyridine rings is 1. The molecule has 0 radical (unpaired) electrons. The number of rotatable bonds is 16. The summed E-state index contributed by atoms with van der Waals surface area (Å²) in [6.45, 7) is 5.57. The van der Waals surface area contributed by atoms with Gasteiger partial charge in [0.05, 0.1) is 5.69 Å². The number of hydrogen-bond donors (Lipinski definition) is 4. The molecule has 4 N–H and O–H groups in total. The zero-order chi connectivity index (χ0) is 36.0. The molecule has 0 saturated heterocycles. The predicted molar refractivity (Wildman–Crippen MR) is 186 cm³/mol. The van der Waals surface area contributed by atoms with Crippen LogP contribution >= 0.6 is 0 Å². The van der Waals surface area contributed by atoms with Crippen LogP contribution in [0.1, 0.15) is 62.9 Å². The molecule has 1 aromatic heterocycles. The number of unbranched alkanes of at least 4 members (excludes halogenated alkanes) is 1. The van der Waals surface area contributed by atoms with Crippen molar-refractivity contribution in [2.45, 2.75) is 71.8 Å². The maximum atomic E-state index is 14.3. The van der Waals surface area contributed by atoms with Crippen LogP contribution < -0.4 is 20.7 Å². The predicted octanol–water partition coefficient (Wildman–Crippen LogP) is 7.54. The normalized spacial score (nSPS) is 12.2. The minimum Gasteiger partial charge on any atom is -0.504 e. The Morgan fingerprint density at radius 3 is 2.06 bits per heavy atom. The Morgan fingerprint density at radius 2 is 1.48 bits per heavy atom. The average molecular weight is 689 g/mol. The van der Waals surface area contributed by atoms with E-state index in [1.54, 1.807) is 62.4 Å². The van der Waals surface area contributed by atoms with E-state index in [9.17, 15) is 28.3 Å². The van der Waals surface area contributed by atoms with Crippen molar-refractivity contribution in [3.8, 4) is 22.6 Å². The SMILES string of the molecule is CCCCC(=O)NC(c1ncc(-c2ccc(OCc3ccccc3)cc2)c(NC(=O)[C@@H](NC(=O)OCc2ccccc2)C(C)C)c1O)C(F)F. The number of anilines is 1. The summed E-state index contributed by atoms with van der Waals surface area (Å²) in [4.78, 5) is 43.0. The highest BCUT2D eigenvalue weighted by Crippen LogP contribution is 2.40. The Kier molecular flexibility index (Phi) is 13.7. The Morgan fingerprint density at radius 1 is 0.860 bits per heavy atom. The van der Waals surface area contributed by atoms with Crippen LogP contribution in [0.5, 0.6) is 11.5 Å². The summed E-state index contributed by atoms with van der Waals surface area (Å²) in [5, 5.41) is 18.9. The first kappa shape index (κ1) is 37.3. The second kappa shape index (κ2) is 18.3. The Bertz CT molecular complexity index is 1710. The van der Waals surface area contributed by atoms with E-state index in [1.807, 2.05) is 43.3 Å². The van der Waals surface area contributed by atoms with Gasteiger partial charge in [-0.25, -0.2) is 13.6 Å². The molecule has 0 aliphatic carbocycles. The number of amides is 3. The van der Waals surface area contributed by atoms with Crippen molar-refractivity contribution < 1.29 is 37.7 Å². The highest BCUT2D eigenvalue weighted by molar-refractivity contribution is 6.01. The highest BCUT2D eigenvalue weighted by atomic mass is 19.3. The molecule has 4 rings (SSSR count). The molecule has 0 aliphatic rings. The number of alkyl carbamates (subject to hydrolysis) is 1. The minimum atomic E-state index is -3.13. The summed E-state index contributed by atoms with van der Waals surface area (Å²) in [6.07, 6.45) is -1.54. The molecule has 1 unspecified atom stereocenters. The first-order valence-electron chi connectivity index (χ1n) is 16.4. The summed E-state index contributed by atoms with van der Waals surface area (Å²) in [6, 6.07) is 22.2. The second-order valence-corrected chi connectivity index (χ2v) is 12.0. The Hall–Kier alpha value is -5.52. The van der Waals surface area contributed by atoms with Crippen molar-refractivity contribution in [3.05, 3.63) is 108 Å². The smallest absolute Gasteiger partial charge is 0.408 e. The Labute approximate surface area is 290 Å². The van der Waals surface area contributed by atoms with Gasteiger partial charge in [0.25, 0.3) is 6.43 Å². The van der Waals surface area contributed by atoms with Crippen molar-refractivity contribution in [1.29, 1.82) is 0 Å². The summed E-state index contributed by atoms with van der Waals surface area (Å²) in [5.74, 6) is -2.03. The molecule has 12 heteroatoms. The fraction of sp³-hybridized carbons (Fsp3) is 0.316. The molecule has 0 saturated carbocycles. The zero-order valence-electron chi connectivity index (χ0n) is 28.2. The minimum absolute atomic E-state index is 0.0168. The van der Waals surface area contributed by atoms with Gasteiger partial charge >= 0.3 is 6.09 Å². The van der Waals surface area contributed by atoms with Crippen molar-refractivity contribution in [2.24, 2.45) is 5.92 Å². The molecule has 2 atom stereocenters. The van der Waals surface area contributed by atoms with Gasteiger partial charge in [-0.05, 0) is 41.2 Å². The van der Waals surface area contributed by atoms with Crippen LogP contribution in [0, 0.1) is 5.92 Å². The number of aromatic hydroxyl groups is 1. The lowest BCUT2D eigenvalue weighted by molar-refractivity contribution is -0.123. The molecular formula is C38H42F2N4O6. The van der Waals surface area contributed by atoms with Crippen LogP contribution in [0.25, 0.3) is 11.1 Å². The van der Waals surface area contributed by atoms with E-state index >= 15 is 0 Å². The van der Waals surface area contributed by atoms with Crippen LogP contribution in [0.15, 0.2) is 91.1 Å². The van der Waals surface area contributed by atoms with Crippen LogP contribution in [-0.4, -0.2) is 40.5 Å². The number of nitrogens with one attached hydrogen (secondary N) is 3. The van der Waals surface area contributed by atoms with Crippen LogP contribution in [0.4, 0.5) is 19.3 Å². The number of alkyl halides is 2. The maximum absolute atomic E-state index is 14.3. The fourth-order valence-corrected chi connectivity index (χ4v) is 5.02. The third-order valence-corrected chi connectivity index (χ3v) is 7.80. The molecule has 10 nitrogen and oxygen atoms in total. The van der Waals surface area contributed by atoms with Crippen molar-refractivity contribution in [3.63, 3.8) is 0 Å². The van der Waals surface area contributed by atoms with Gasteiger partial charge in [0.2, 0.25) is 11.8 Å². The molecule has 1 heterocycles. The van der Waals surface area contributed by atoms with E-state index in [4.69, 9.17) is 9.47 Å². The molecule has 0 spiro atoms. The number of aromatic nitrogens is 1. The molecule has 3 amide bonds. The molecule has 264 valence electrons.